The molecule has 0 radical (unpaired) electrons. The van der Waals surface area contributed by atoms with Crippen LogP contribution >= 0.6 is 0 Å². The summed E-state index contributed by atoms with van der Waals surface area (Å²) in [6.07, 6.45) is 2.06. The minimum absolute atomic E-state index is 0.00914. The Balaban J connectivity index is 2.74. The number of carbonyl (C=O) groups is 1. The summed E-state index contributed by atoms with van der Waals surface area (Å²) in [5.74, 6) is 1.84. The topological polar surface area (TPSA) is 57.7 Å². The lowest BCUT2D eigenvalue weighted by molar-refractivity contribution is 0.0965. The van der Waals surface area contributed by atoms with Crippen molar-refractivity contribution in [2.45, 2.75) is 20.3 Å². The van der Waals surface area contributed by atoms with Crippen LogP contribution in [0.4, 0.5) is 0 Å². The van der Waals surface area contributed by atoms with Crippen molar-refractivity contribution in [3.8, 4) is 17.2 Å². The summed E-state index contributed by atoms with van der Waals surface area (Å²) in [5, 5.41) is 1.49. The molecule has 1 heterocycles. The number of carbonyl (C=O) groups excluding carboxylic acids is 1. The summed E-state index contributed by atoms with van der Waals surface area (Å²) in [5.41, 5.74) is 0.436. The number of Topliss-reactive ketones (excluding diaryl/α,β-unsaturated/α-hetero) is 1. The first-order chi connectivity index (χ1) is 10.5. The van der Waals surface area contributed by atoms with Crippen LogP contribution in [0.2, 0.25) is 0 Å². The molecule has 0 saturated carbocycles. The van der Waals surface area contributed by atoms with Gasteiger partial charge in [-0.1, -0.05) is 13.8 Å². The van der Waals surface area contributed by atoms with E-state index in [-0.39, 0.29) is 11.7 Å². The second-order valence-corrected chi connectivity index (χ2v) is 5.42. The van der Waals surface area contributed by atoms with Crippen molar-refractivity contribution in [1.82, 2.24) is 4.98 Å². The molecule has 0 saturated heterocycles. The Morgan fingerprint density at radius 1 is 1.09 bits per heavy atom. The largest absolute Gasteiger partial charge is 0.493 e. The van der Waals surface area contributed by atoms with Crippen molar-refractivity contribution in [1.29, 1.82) is 0 Å². The van der Waals surface area contributed by atoms with Crippen LogP contribution in [0.15, 0.2) is 18.3 Å². The van der Waals surface area contributed by atoms with Crippen LogP contribution in [0.1, 0.15) is 30.8 Å². The summed E-state index contributed by atoms with van der Waals surface area (Å²) < 4.78 is 16.2. The average Bonchev–Trinajstić information content (AvgIpc) is 2.51. The number of aromatic nitrogens is 1. The lowest BCUT2D eigenvalue weighted by atomic mass is 10.00. The van der Waals surface area contributed by atoms with Gasteiger partial charge in [0.25, 0.3) is 0 Å². The number of hydrogen-bond donors (Lipinski definition) is 0. The van der Waals surface area contributed by atoms with Crippen LogP contribution in [0.25, 0.3) is 10.8 Å². The normalized spacial score (nSPS) is 10.8. The van der Waals surface area contributed by atoms with Crippen LogP contribution in [-0.2, 0) is 0 Å². The number of benzene rings is 1. The van der Waals surface area contributed by atoms with Gasteiger partial charge in [-0.05, 0) is 18.1 Å². The maximum Gasteiger partial charge on any atom is 0.203 e. The van der Waals surface area contributed by atoms with E-state index in [1.54, 1.807) is 33.6 Å². The SMILES string of the molecule is COc1cc2c(C(=O)CC(C)C)nccc2c(OC)c1OC. The molecule has 22 heavy (non-hydrogen) atoms. The van der Waals surface area contributed by atoms with Gasteiger partial charge in [-0.15, -0.1) is 0 Å². The quantitative estimate of drug-likeness (QED) is 0.765. The second-order valence-electron chi connectivity index (χ2n) is 5.42. The third-order valence-corrected chi connectivity index (χ3v) is 3.43. The highest BCUT2D eigenvalue weighted by molar-refractivity contribution is 6.09. The predicted octanol–water partition coefficient (Wildman–Crippen LogP) is 3.49. The summed E-state index contributed by atoms with van der Waals surface area (Å²) >= 11 is 0. The molecule has 5 heteroatoms. The van der Waals surface area contributed by atoms with E-state index < -0.39 is 0 Å². The standard InChI is InChI=1S/C17H21NO4/c1-10(2)8-13(19)15-12-9-14(20-3)17(22-5)16(21-4)11(12)6-7-18-15/h6-7,9-10H,8H2,1-5H3. The van der Waals surface area contributed by atoms with Crippen molar-refractivity contribution in [3.05, 3.63) is 24.0 Å². The molecule has 118 valence electrons. The lowest BCUT2D eigenvalue weighted by Gasteiger charge is -2.16. The smallest absolute Gasteiger partial charge is 0.203 e. The Hall–Kier alpha value is -2.30. The van der Waals surface area contributed by atoms with Gasteiger partial charge in [0.2, 0.25) is 5.75 Å². The molecule has 0 unspecified atom stereocenters. The van der Waals surface area contributed by atoms with E-state index >= 15 is 0 Å². The average molecular weight is 303 g/mol. The third-order valence-electron chi connectivity index (χ3n) is 3.43. The number of pyridine rings is 1. The van der Waals surface area contributed by atoms with E-state index in [1.165, 1.54) is 0 Å². The minimum atomic E-state index is 0.00914. The predicted molar refractivity (Wildman–Crippen MR) is 85.2 cm³/mol. The number of ketones is 1. The van der Waals surface area contributed by atoms with Gasteiger partial charge in [0.05, 0.1) is 21.3 Å². The first-order valence-electron chi connectivity index (χ1n) is 7.14. The van der Waals surface area contributed by atoms with Crippen molar-refractivity contribution >= 4 is 16.6 Å². The van der Waals surface area contributed by atoms with E-state index in [0.29, 0.717) is 34.7 Å². The molecule has 2 rings (SSSR count). The fourth-order valence-electron chi connectivity index (χ4n) is 2.49. The van der Waals surface area contributed by atoms with Gasteiger partial charge in [0, 0.05) is 23.4 Å². The maximum atomic E-state index is 12.4. The van der Waals surface area contributed by atoms with E-state index in [4.69, 9.17) is 14.2 Å². The van der Waals surface area contributed by atoms with Gasteiger partial charge >= 0.3 is 0 Å². The number of ether oxygens (including phenoxy) is 3. The molecular weight excluding hydrogens is 282 g/mol. The Kier molecular flexibility index (Phi) is 4.85. The van der Waals surface area contributed by atoms with E-state index in [0.717, 1.165) is 5.39 Å². The number of hydrogen-bond acceptors (Lipinski definition) is 5. The summed E-state index contributed by atoms with van der Waals surface area (Å²) in [6.45, 7) is 4.01. The van der Waals surface area contributed by atoms with Crippen LogP contribution in [0.5, 0.6) is 17.2 Å². The first-order valence-corrected chi connectivity index (χ1v) is 7.14. The Bertz CT molecular complexity index is 695. The second kappa shape index (κ2) is 6.64. The molecule has 0 aliphatic heterocycles. The van der Waals surface area contributed by atoms with Crippen LogP contribution in [0, 0.1) is 5.92 Å². The van der Waals surface area contributed by atoms with Gasteiger partial charge < -0.3 is 14.2 Å². The molecule has 0 N–H and O–H groups in total. The molecule has 5 nitrogen and oxygen atoms in total. The first kappa shape index (κ1) is 16.1. The van der Waals surface area contributed by atoms with Crippen molar-refractivity contribution in [2.75, 3.05) is 21.3 Å². The Morgan fingerprint density at radius 3 is 2.32 bits per heavy atom. The maximum absolute atomic E-state index is 12.4. The molecule has 0 aliphatic carbocycles. The van der Waals surface area contributed by atoms with Crippen LogP contribution in [0.3, 0.4) is 0 Å². The highest BCUT2D eigenvalue weighted by Crippen LogP contribution is 2.43. The minimum Gasteiger partial charge on any atom is -0.493 e. The van der Waals surface area contributed by atoms with E-state index in [2.05, 4.69) is 4.98 Å². The molecular formula is C17H21NO4. The molecule has 0 fully saturated rings. The Labute approximate surface area is 130 Å². The van der Waals surface area contributed by atoms with Gasteiger partial charge in [-0.2, -0.15) is 0 Å². The number of rotatable bonds is 6. The highest BCUT2D eigenvalue weighted by atomic mass is 16.5. The molecule has 0 atom stereocenters. The molecule has 1 aromatic heterocycles. The third kappa shape index (κ3) is 2.84. The zero-order valence-corrected chi connectivity index (χ0v) is 13.6. The number of fused-ring (bicyclic) bond motifs is 1. The van der Waals surface area contributed by atoms with Crippen molar-refractivity contribution < 1.29 is 19.0 Å². The molecule has 0 amide bonds. The zero-order chi connectivity index (χ0) is 16.3. The van der Waals surface area contributed by atoms with Gasteiger partial charge in [-0.3, -0.25) is 9.78 Å². The number of nitrogens with zero attached hydrogens (tertiary/aromatic N) is 1. The zero-order valence-electron chi connectivity index (χ0n) is 13.6. The highest BCUT2D eigenvalue weighted by Gasteiger charge is 2.20. The lowest BCUT2D eigenvalue weighted by Crippen LogP contribution is -2.07. The van der Waals surface area contributed by atoms with Gasteiger partial charge in [-0.25, -0.2) is 0 Å². The van der Waals surface area contributed by atoms with E-state index in [9.17, 15) is 4.79 Å². The summed E-state index contributed by atoms with van der Waals surface area (Å²) in [6, 6.07) is 3.58. The molecule has 2 aromatic rings. The van der Waals surface area contributed by atoms with Gasteiger partial charge in [0.1, 0.15) is 5.69 Å². The van der Waals surface area contributed by atoms with Crippen LogP contribution in [-0.4, -0.2) is 32.1 Å². The molecule has 0 spiro atoms. The molecule has 1 aromatic carbocycles. The number of methoxy groups -OCH3 is 3. The molecule has 0 aliphatic rings. The fourth-order valence-corrected chi connectivity index (χ4v) is 2.49. The molecule has 0 bridgehead atoms. The van der Waals surface area contributed by atoms with Crippen molar-refractivity contribution in [3.63, 3.8) is 0 Å². The van der Waals surface area contributed by atoms with Crippen molar-refractivity contribution in [2.24, 2.45) is 5.92 Å². The fraction of sp³-hybridized carbons (Fsp3) is 0.412. The summed E-state index contributed by atoms with van der Waals surface area (Å²) in [4.78, 5) is 16.7. The monoisotopic (exact) mass is 303 g/mol. The van der Waals surface area contributed by atoms with E-state index in [1.807, 2.05) is 19.9 Å². The van der Waals surface area contributed by atoms with Gasteiger partial charge in [0.15, 0.2) is 17.3 Å². The summed E-state index contributed by atoms with van der Waals surface area (Å²) in [7, 11) is 4.67. The van der Waals surface area contributed by atoms with Crippen LogP contribution < -0.4 is 14.2 Å². The Morgan fingerprint density at radius 2 is 1.77 bits per heavy atom.